The van der Waals surface area contributed by atoms with Crippen molar-refractivity contribution in [2.45, 2.75) is 12.8 Å². The molecule has 26 heavy (non-hydrogen) atoms. The lowest BCUT2D eigenvalue weighted by Gasteiger charge is -2.12. The van der Waals surface area contributed by atoms with Crippen LogP contribution in [0.4, 0.5) is 26.3 Å². The number of hydrogen-bond donors (Lipinski definition) is 0. The van der Waals surface area contributed by atoms with Gasteiger partial charge >= 0.3 is 0 Å². The van der Waals surface area contributed by atoms with Crippen LogP contribution in [-0.4, -0.2) is 13.2 Å². The Morgan fingerprint density at radius 1 is 0.615 bits per heavy atom. The number of hydrogen-bond acceptors (Lipinski definition) is 2. The van der Waals surface area contributed by atoms with E-state index in [1.807, 2.05) is 0 Å². The minimum absolute atomic E-state index is 0.0291. The van der Waals surface area contributed by atoms with Crippen molar-refractivity contribution in [1.29, 1.82) is 0 Å². The van der Waals surface area contributed by atoms with Crippen molar-refractivity contribution < 1.29 is 35.8 Å². The summed E-state index contributed by atoms with van der Waals surface area (Å²) in [6, 6.07) is 1.62. The van der Waals surface area contributed by atoms with Crippen LogP contribution in [0, 0.1) is 42.0 Å². The lowest BCUT2D eigenvalue weighted by Crippen LogP contribution is -2.08. The van der Waals surface area contributed by atoms with Gasteiger partial charge in [0.25, 0.3) is 0 Å². The van der Waals surface area contributed by atoms with Crippen LogP contribution >= 0.6 is 45.2 Å². The maximum absolute atomic E-state index is 13.6. The van der Waals surface area contributed by atoms with Gasteiger partial charge in [-0.3, -0.25) is 0 Å². The molecule has 0 heterocycles. The Balaban J connectivity index is 1.84. The van der Waals surface area contributed by atoms with Crippen LogP contribution in [0.5, 0.6) is 11.5 Å². The van der Waals surface area contributed by atoms with E-state index in [9.17, 15) is 26.3 Å². The highest BCUT2D eigenvalue weighted by Gasteiger charge is 2.20. The Labute approximate surface area is 172 Å². The third kappa shape index (κ3) is 4.87. The molecular weight excluding hydrogens is 592 g/mol. The van der Waals surface area contributed by atoms with Gasteiger partial charge in [-0.2, -0.15) is 8.78 Å². The minimum Gasteiger partial charge on any atom is -0.489 e. The zero-order chi connectivity index (χ0) is 19.4. The highest BCUT2D eigenvalue weighted by atomic mass is 127. The summed E-state index contributed by atoms with van der Waals surface area (Å²) in [5, 5.41) is 0. The largest absolute Gasteiger partial charge is 0.489 e. The number of halogens is 8. The van der Waals surface area contributed by atoms with E-state index in [0.29, 0.717) is 12.8 Å². The molecule has 2 aromatic carbocycles. The standard InChI is InChI=1S/C16H10F6I2O2/c17-7-5-9(23)15(13(21)11(7)19)25-3-1-2-4-26-16-10(24)6-8(18)12(20)14(16)22/h5-6H,1-4H2. The van der Waals surface area contributed by atoms with Crippen LogP contribution in [0.3, 0.4) is 0 Å². The van der Waals surface area contributed by atoms with Crippen molar-refractivity contribution in [2.75, 3.05) is 13.2 Å². The van der Waals surface area contributed by atoms with Crippen molar-refractivity contribution >= 4 is 45.2 Å². The van der Waals surface area contributed by atoms with Crippen molar-refractivity contribution in [1.82, 2.24) is 0 Å². The second-order valence-corrected chi connectivity index (χ2v) is 7.32. The molecule has 10 heteroatoms. The maximum atomic E-state index is 13.6. The molecule has 0 unspecified atom stereocenters. The van der Waals surface area contributed by atoms with Gasteiger partial charge in [0.05, 0.1) is 20.4 Å². The fraction of sp³-hybridized carbons (Fsp3) is 0.250. The molecule has 0 fully saturated rings. The molecular formula is C16H10F6I2O2. The Morgan fingerprint density at radius 3 is 1.31 bits per heavy atom. The summed E-state index contributed by atoms with van der Waals surface area (Å²) < 4.78 is 90.0. The highest BCUT2D eigenvalue weighted by molar-refractivity contribution is 14.1. The second kappa shape index (κ2) is 9.33. The fourth-order valence-electron chi connectivity index (χ4n) is 1.92. The smallest absolute Gasteiger partial charge is 0.204 e. The molecule has 0 spiro atoms. The first-order valence-electron chi connectivity index (χ1n) is 7.15. The molecule has 2 nitrogen and oxygen atoms in total. The summed E-state index contributed by atoms with van der Waals surface area (Å²) in [7, 11) is 0. The number of ether oxygens (including phenoxy) is 2. The molecule has 0 atom stereocenters. The average molecular weight is 602 g/mol. The van der Waals surface area contributed by atoms with E-state index >= 15 is 0 Å². The van der Waals surface area contributed by atoms with Gasteiger partial charge in [0, 0.05) is 0 Å². The van der Waals surface area contributed by atoms with Gasteiger partial charge in [0.15, 0.2) is 34.8 Å². The van der Waals surface area contributed by atoms with E-state index in [1.165, 1.54) is 0 Å². The molecule has 0 aromatic heterocycles. The molecule has 2 aromatic rings. The number of unbranched alkanes of at least 4 members (excludes halogenated alkanes) is 1. The Morgan fingerprint density at radius 2 is 0.962 bits per heavy atom. The molecule has 0 aliphatic heterocycles. The first-order chi connectivity index (χ1) is 12.2. The molecule has 0 bridgehead atoms. The van der Waals surface area contributed by atoms with E-state index in [2.05, 4.69) is 0 Å². The molecule has 0 aliphatic carbocycles. The monoisotopic (exact) mass is 602 g/mol. The number of rotatable bonds is 7. The van der Waals surface area contributed by atoms with Crippen molar-refractivity contribution in [3.8, 4) is 11.5 Å². The predicted molar refractivity (Wildman–Crippen MR) is 98.3 cm³/mol. The van der Waals surface area contributed by atoms with E-state index in [1.54, 1.807) is 45.2 Å². The normalized spacial score (nSPS) is 10.9. The summed E-state index contributed by atoms with van der Waals surface area (Å²) in [6.45, 7) is -0.0581. The van der Waals surface area contributed by atoms with E-state index in [4.69, 9.17) is 9.47 Å². The SMILES string of the molecule is Fc1cc(I)c(OCCCCOc2c(I)cc(F)c(F)c2F)c(F)c1F. The van der Waals surface area contributed by atoms with E-state index in [0.717, 1.165) is 12.1 Å². The van der Waals surface area contributed by atoms with Crippen molar-refractivity contribution in [3.05, 3.63) is 54.2 Å². The summed E-state index contributed by atoms with van der Waals surface area (Å²) in [5.41, 5.74) is 0. The Hall–Kier alpha value is -0.920. The number of benzene rings is 2. The average Bonchev–Trinajstić information content (AvgIpc) is 2.59. The van der Waals surface area contributed by atoms with Crippen LogP contribution in [0.25, 0.3) is 0 Å². The molecule has 0 N–H and O–H groups in total. The minimum atomic E-state index is -1.62. The van der Waals surface area contributed by atoms with Gasteiger partial charge in [0.2, 0.25) is 11.6 Å². The van der Waals surface area contributed by atoms with Gasteiger partial charge < -0.3 is 9.47 Å². The van der Waals surface area contributed by atoms with Gasteiger partial charge in [0.1, 0.15) is 0 Å². The maximum Gasteiger partial charge on any atom is 0.204 e. The van der Waals surface area contributed by atoms with Gasteiger partial charge in [-0.15, -0.1) is 0 Å². The van der Waals surface area contributed by atoms with Crippen LogP contribution in [0.2, 0.25) is 0 Å². The van der Waals surface area contributed by atoms with Crippen LogP contribution in [-0.2, 0) is 0 Å². The lowest BCUT2D eigenvalue weighted by atomic mass is 10.3. The van der Waals surface area contributed by atoms with Crippen LogP contribution in [0.15, 0.2) is 12.1 Å². The summed E-state index contributed by atoms with van der Waals surface area (Å²) in [5.74, 6) is -9.47. The molecule has 142 valence electrons. The van der Waals surface area contributed by atoms with Crippen molar-refractivity contribution in [2.24, 2.45) is 0 Å². The zero-order valence-corrected chi connectivity index (χ0v) is 17.1. The molecule has 0 amide bonds. The molecule has 2 rings (SSSR count). The zero-order valence-electron chi connectivity index (χ0n) is 12.8. The lowest BCUT2D eigenvalue weighted by molar-refractivity contribution is 0.246. The molecule has 0 saturated heterocycles. The summed E-state index contributed by atoms with van der Waals surface area (Å²) in [4.78, 5) is 0. The van der Waals surface area contributed by atoms with Crippen LogP contribution < -0.4 is 9.47 Å². The van der Waals surface area contributed by atoms with E-state index < -0.39 is 46.4 Å². The third-order valence-corrected chi connectivity index (χ3v) is 4.78. The second-order valence-electron chi connectivity index (χ2n) is 5.00. The fourth-order valence-corrected chi connectivity index (χ4v) is 3.25. The quantitative estimate of drug-likeness (QED) is 0.128. The van der Waals surface area contributed by atoms with Gasteiger partial charge in [-0.1, -0.05) is 0 Å². The molecule has 0 saturated carbocycles. The van der Waals surface area contributed by atoms with E-state index in [-0.39, 0.29) is 20.4 Å². The predicted octanol–water partition coefficient (Wildman–Crippen LogP) is 5.97. The summed E-state index contributed by atoms with van der Waals surface area (Å²) in [6.07, 6.45) is 0.632. The van der Waals surface area contributed by atoms with Crippen LogP contribution in [0.1, 0.15) is 12.8 Å². The first-order valence-corrected chi connectivity index (χ1v) is 9.31. The molecule has 0 radical (unpaired) electrons. The molecule has 0 aliphatic rings. The highest BCUT2D eigenvalue weighted by Crippen LogP contribution is 2.30. The van der Waals surface area contributed by atoms with Gasteiger partial charge in [-0.25, -0.2) is 17.6 Å². The summed E-state index contributed by atoms with van der Waals surface area (Å²) >= 11 is 3.22. The Bertz CT molecular complexity index is 749. The first kappa shape index (κ1) is 21.4. The third-order valence-electron chi connectivity index (χ3n) is 3.18. The topological polar surface area (TPSA) is 18.5 Å². The van der Waals surface area contributed by atoms with Gasteiger partial charge in [-0.05, 0) is 70.2 Å². The van der Waals surface area contributed by atoms with Crippen molar-refractivity contribution in [3.63, 3.8) is 0 Å². The Kier molecular flexibility index (Phi) is 7.67.